The molecule has 0 aliphatic rings. The van der Waals surface area contributed by atoms with Gasteiger partial charge in [-0.3, -0.25) is 5.41 Å². The van der Waals surface area contributed by atoms with Crippen molar-refractivity contribution in [1.29, 1.82) is 5.41 Å². The third kappa shape index (κ3) is 3.17. The van der Waals surface area contributed by atoms with Crippen molar-refractivity contribution in [1.82, 2.24) is 4.98 Å². The summed E-state index contributed by atoms with van der Waals surface area (Å²) in [5.74, 6) is 0.837. The van der Waals surface area contributed by atoms with E-state index in [1.807, 2.05) is 26.1 Å². The number of nitrogens with one attached hydrogen (secondary N) is 1. The molecule has 0 fully saturated rings. The summed E-state index contributed by atoms with van der Waals surface area (Å²) in [5, 5.41) is 9.78. The van der Waals surface area contributed by atoms with E-state index >= 15 is 0 Å². The van der Waals surface area contributed by atoms with Crippen LogP contribution < -0.4 is 10.6 Å². The number of nitrogens with two attached hydrogens (primary N) is 1. The lowest BCUT2D eigenvalue weighted by molar-refractivity contribution is 0.679. The number of likely N-dealkylation sites (N-methyl/N-ethyl adjacent to an activating group) is 1. The van der Waals surface area contributed by atoms with Gasteiger partial charge >= 0.3 is 0 Å². The van der Waals surface area contributed by atoms with Gasteiger partial charge in [0, 0.05) is 30.1 Å². The van der Waals surface area contributed by atoms with Crippen LogP contribution in [0.5, 0.6) is 0 Å². The molecule has 2 heterocycles. The third-order valence-electron chi connectivity index (χ3n) is 3.38. The molecule has 0 amide bonds. The van der Waals surface area contributed by atoms with Gasteiger partial charge in [0.2, 0.25) is 0 Å². The molecule has 5 heteroatoms. The third-order valence-corrected chi connectivity index (χ3v) is 4.28. The maximum absolute atomic E-state index is 7.69. The van der Waals surface area contributed by atoms with Gasteiger partial charge in [-0.2, -0.15) is 0 Å². The maximum atomic E-state index is 7.69. The van der Waals surface area contributed by atoms with Crippen LogP contribution in [0.2, 0.25) is 0 Å². The summed E-state index contributed by atoms with van der Waals surface area (Å²) in [4.78, 5) is 8.00. The lowest BCUT2D eigenvalue weighted by Crippen LogP contribution is -2.33. The summed E-state index contributed by atoms with van der Waals surface area (Å²) in [6.45, 7) is 4.11. The fraction of sp³-hybridized carbons (Fsp3) is 0.333. The smallest absolute Gasteiger partial charge is 0.139 e. The molecule has 2 rings (SSSR count). The Balaban J connectivity index is 2.25. The number of hydrogen-bond donors (Lipinski definition) is 2. The highest BCUT2D eigenvalue weighted by Gasteiger charge is 2.17. The standard InChI is InChI=1S/C15H20N4S/c1-10-6-7-13(14(16)17)15(18-10)19(3)11(2)9-12-5-4-8-20-12/h4-8,11H,9H2,1-3H3,(H3,16,17). The summed E-state index contributed by atoms with van der Waals surface area (Å²) >= 11 is 1.76. The number of pyridine rings is 1. The molecule has 3 N–H and O–H groups in total. The van der Waals surface area contributed by atoms with E-state index in [0.29, 0.717) is 11.6 Å². The molecule has 0 saturated heterocycles. The minimum atomic E-state index is 0.0580. The van der Waals surface area contributed by atoms with E-state index in [-0.39, 0.29) is 5.84 Å². The van der Waals surface area contributed by atoms with Crippen LogP contribution in [0.4, 0.5) is 5.82 Å². The van der Waals surface area contributed by atoms with Crippen molar-refractivity contribution >= 4 is 23.0 Å². The minimum Gasteiger partial charge on any atom is -0.384 e. The van der Waals surface area contributed by atoms with Gasteiger partial charge in [0.25, 0.3) is 0 Å². The second kappa shape index (κ2) is 6.05. The van der Waals surface area contributed by atoms with Gasteiger partial charge in [0.05, 0.1) is 5.56 Å². The highest BCUT2D eigenvalue weighted by Crippen LogP contribution is 2.21. The van der Waals surface area contributed by atoms with E-state index < -0.39 is 0 Å². The number of aryl methyl sites for hydroxylation is 1. The van der Waals surface area contributed by atoms with Crippen LogP contribution in [0.1, 0.15) is 23.1 Å². The van der Waals surface area contributed by atoms with Gasteiger partial charge in [-0.05, 0) is 37.4 Å². The number of aromatic nitrogens is 1. The molecule has 1 unspecified atom stereocenters. The Hall–Kier alpha value is -1.88. The molecule has 0 bridgehead atoms. The lowest BCUT2D eigenvalue weighted by atomic mass is 10.1. The van der Waals surface area contributed by atoms with Crippen molar-refractivity contribution in [2.45, 2.75) is 26.3 Å². The van der Waals surface area contributed by atoms with Gasteiger partial charge in [0.1, 0.15) is 11.7 Å². The minimum absolute atomic E-state index is 0.0580. The van der Waals surface area contributed by atoms with Crippen LogP contribution in [0.15, 0.2) is 29.6 Å². The lowest BCUT2D eigenvalue weighted by Gasteiger charge is -2.27. The number of nitrogens with zero attached hydrogens (tertiary/aromatic N) is 2. The van der Waals surface area contributed by atoms with Crippen LogP contribution >= 0.6 is 11.3 Å². The Labute approximate surface area is 123 Å². The second-order valence-electron chi connectivity index (χ2n) is 4.98. The molecule has 2 aromatic rings. The molecule has 0 spiro atoms. The molecule has 20 heavy (non-hydrogen) atoms. The Bertz CT molecular complexity index is 592. The van der Waals surface area contributed by atoms with E-state index in [1.165, 1.54) is 4.88 Å². The number of anilines is 1. The quantitative estimate of drug-likeness (QED) is 0.657. The van der Waals surface area contributed by atoms with Crippen molar-refractivity contribution in [3.8, 4) is 0 Å². The van der Waals surface area contributed by atoms with E-state index in [9.17, 15) is 0 Å². The molecular weight excluding hydrogens is 268 g/mol. The molecule has 0 radical (unpaired) electrons. The highest BCUT2D eigenvalue weighted by molar-refractivity contribution is 7.09. The molecular formula is C15H20N4S. The van der Waals surface area contributed by atoms with E-state index in [2.05, 4.69) is 34.3 Å². The predicted molar refractivity (Wildman–Crippen MR) is 85.9 cm³/mol. The SMILES string of the molecule is Cc1ccc(C(=N)N)c(N(C)C(C)Cc2cccs2)n1. The molecule has 0 saturated carbocycles. The molecule has 0 aromatic carbocycles. The fourth-order valence-electron chi connectivity index (χ4n) is 2.09. The Morgan fingerprint density at radius 3 is 2.80 bits per heavy atom. The van der Waals surface area contributed by atoms with Crippen LogP contribution in [0.25, 0.3) is 0 Å². The number of hydrogen-bond acceptors (Lipinski definition) is 4. The van der Waals surface area contributed by atoms with Crippen LogP contribution in [-0.4, -0.2) is 23.9 Å². The van der Waals surface area contributed by atoms with E-state index in [1.54, 1.807) is 11.3 Å². The molecule has 106 valence electrons. The van der Waals surface area contributed by atoms with Crippen LogP contribution in [0.3, 0.4) is 0 Å². The average molecular weight is 288 g/mol. The van der Waals surface area contributed by atoms with E-state index in [0.717, 1.165) is 17.9 Å². The predicted octanol–water partition coefficient (Wildman–Crippen LogP) is 2.80. The molecule has 0 aliphatic heterocycles. The van der Waals surface area contributed by atoms with Crippen LogP contribution in [0, 0.1) is 12.3 Å². The zero-order valence-corrected chi connectivity index (χ0v) is 12.9. The molecule has 1 atom stereocenters. The highest BCUT2D eigenvalue weighted by atomic mass is 32.1. The Kier molecular flexibility index (Phi) is 4.39. The molecule has 4 nitrogen and oxygen atoms in total. The van der Waals surface area contributed by atoms with Gasteiger partial charge in [0.15, 0.2) is 0 Å². The number of rotatable bonds is 5. The summed E-state index contributed by atoms with van der Waals surface area (Å²) in [7, 11) is 2.01. The van der Waals surface area contributed by atoms with E-state index in [4.69, 9.17) is 11.1 Å². The van der Waals surface area contributed by atoms with Crippen molar-refractivity contribution in [2.24, 2.45) is 5.73 Å². The van der Waals surface area contributed by atoms with Crippen LogP contribution in [-0.2, 0) is 6.42 Å². The first kappa shape index (κ1) is 14.5. The first-order valence-electron chi connectivity index (χ1n) is 6.56. The fourth-order valence-corrected chi connectivity index (χ4v) is 2.91. The summed E-state index contributed by atoms with van der Waals surface area (Å²) < 4.78 is 0. The first-order valence-corrected chi connectivity index (χ1v) is 7.44. The number of thiophene rings is 1. The van der Waals surface area contributed by atoms with Crippen molar-refractivity contribution in [2.75, 3.05) is 11.9 Å². The van der Waals surface area contributed by atoms with Gasteiger partial charge in [-0.15, -0.1) is 11.3 Å². The zero-order chi connectivity index (χ0) is 14.7. The second-order valence-corrected chi connectivity index (χ2v) is 6.01. The monoisotopic (exact) mass is 288 g/mol. The number of amidine groups is 1. The Morgan fingerprint density at radius 1 is 1.45 bits per heavy atom. The topological polar surface area (TPSA) is 66.0 Å². The summed E-state index contributed by atoms with van der Waals surface area (Å²) in [5.41, 5.74) is 7.28. The molecule has 0 aliphatic carbocycles. The van der Waals surface area contributed by atoms with Gasteiger partial charge in [-0.25, -0.2) is 4.98 Å². The normalized spacial score (nSPS) is 12.2. The average Bonchev–Trinajstić information content (AvgIpc) is 2.90. The molecule has 2 aromatic heterocycles. The summed E-state index contributed by atoms with van der Waals surface area (Å²) in [6.07, 6.45) is 0.959. The first-order chi connectivity index (χ1) is 9.49. The zero-order valence-electron chi connectivity index (χ0n) is 12.1. The van der Waals surface area contributed by atoms with Gasteiger partial charge in [-0.1, -0.05) is 6.07 Å². The number of nitrogen functional groups attached to an aromatic ring is 1. The Morgan fingerprint density at radius 2 is 2.20 bits per heavy atom. The summed E-state index contributed by atoms with van der Waals surface area (Å²) in [6, 6.07) is 8.26. The largest absolute Gasteiger partial charge is 0.384 e. The van der Waals surface area contributed by atoms with Crippen molar-refractivity contribution in [3.05, 3.63) is 45.8 Å². The maximum Gasteiger partial charge on any atom is 0.139 e. The van der Waals surface area contributed by atoms with Crippen molar-refractivity contribution in [3.63, 3.8) is 0 Å². The van der Waals surface area contributed by atoms with Crippen molar-refractivity contribution < 1.29 is 0 Å². The van der Waals surface area contributed by atoms with Gasteiger partial charge < -0.3 is 10.6 Å².